The van der Waals surface area contributed by atoms with Crippen molar-refractivity contribution < 1.29 is 9.53 Å². The molecular formula is C15H23BO2S. The number of esters is 1. The summed E-state index contributed by atoms with van der Waals surface area (Å²) < 4.78 is 5.48. The Labute approximate surface area is 122 Å². The number of carbonyl (C=O) groups is 1. The van der Waals surface area contributed by atoms with Crippen molar-refractivity contribution in [3.63, 3.8) is 0 Å². The Morgan fingerprint density at radius 3 is 2.68 bits per heavy atom. The molecule has 1 aliphatic carbocycles. The van der Waals surface area contributed by atoms with E-state index in [9.17, 15) is 4.79 Å². The average molecular weight is 278 g/mol. The van der Waals surface area contributed by atoms with Gasteiger partial charge in [-0.1, -0.05) is 39.1 Å². The van der Waals surface area contributed by atoms with Crippen molar-refractivity contribution in [1.82, 2.24) is 0 Å². The van der Waals surface area contributed by atoms with Gasteiger partial charge in [-0.2, -0.15) is 0 Å². The monoisotopic (exact) mass is 278 g/mol. The van der Waals surface area contributed by atoms with Crippen LogP contribution in [0.3, 0.4) is 0 Å². The Morgan fingerprint density at radius 1 is 1.47 bits per heavy atom. The highest BCUT2D eigenvalue weighted by Crippen LogP contribution is 2.26. The quantitative estimate of drug-likeness (QED) is 0.609. The van der Waals surface area contributed by atoms with E-state index in [1.54, 1.807) is 11.4 Å². The zero-order valence-electron chi connectivity index (χ0n) is 12.1. The molecule has 0 saturated heterocycles. The minimum Gasteiger partial charge on any atom is -0.458 e. The van der Waals surface area contributed by atoms with Gasteiger partial charge in [0.2, 0.25) is 0 Å². The van der Waals surface area contributed by atoms with Gasteiger partial charge in [-0.25, -0.2) is 4.79 Å². The molecule has 1 saturated carbocycles. The predicted octanol–water partition coefficient (Wildman–Crippen LogP) is 3.69. The van der Waals surface area contributed by atoms with Crippen LogP contribution in [-0.2, 0) is 4.74 Å². The lowest BCUT2D eigenvalue weighted by Crippen LogP contribution is -2.24. The van der Waals surface area contributed by atoms with Crippen molar-refractivity contribution in [3.05, 3.63) is 16.3 Å². The molecule has 104 valence electrons. The van der Waals surface area contributed by atoms with E-state index in [0.29, 0.717) is 16.3 Å². The molecule has 19 heavy (non-hydrogen) atoms. The van der Waals surface area contributed by atoms with Crippen LogP contribution in [0.15, 0.2) is 11.4 Å². The molecule has 2 nitrogen and oxygen atoms in total. The molecule has 0 aliphatic heterocycles. The Kier molecular flexibility index (Phi) is 7.21. The molecule has 0 bridgehead atoms. The van der Waals surface area contributed by atoms with Crippen LogP contribution in [0.4, 0.5) is 0 Å². The normalized spacial score (nSPS) is 22.3. The third-order valence-electron chi connectivity index (χ3n) is 2.98. The lowest BCUT2D eigenvalue weighted by molar-refractivity contribution is 0.0160. The number of carbonyl (C=O) groups excluding carboxylic acids is 1. The van der Waals surface area contributed by atoms with Crippen LogP contribution in [-0.4, -0.2) is 19.9 Å². The van der Waals surface area contributed by atoms with Crippen molar-refractivity contribution >= 4 is 30.6 Å². The minimum absolute atomic E-state index is 0.0968. The van der Waals surface area contributed by atoms with Crippen LogP contribution in [0.5, 0.6) is 0 Å². The molecule has 4 heteroatoms. The summed E-state index contributed by atoms with van der Waals surface area (Å²) in [7, 11) is 5.57. The van der Waals surface area contributed by atoms with Gasteiger partial charge in [0.1, 0.15) is 18.8 Å². The fourth-order valence-corrected chi connectivity index (χ4v) is 2.83. The number of thiophene rings is 1. The predicted molar refractivity (Wildman–Crippen MR) is 82.5 cm³/mol. The molecule has 0 spiro atoms. The SMILES string of the molecule is CCC.[B]c1csc(C(=O)OC2CCCC(C)C2)c1. The van der Waals surface area contributed by atoms with E-state index in [-0.39, 0.29) is 12.1 Å². The molecule has 2 radical (unpaired) electrons. The molecule has 1 aliphatic rings. The molecule has 0 aromatic carbocycles. The lowest BCUT2D eigenvalue weighted by Gasteiger charge is -2.26. The Hall–Kier alpha value is -0.765. The van der Waals surface area contributed by atoms with Gasteiger partial charge < -0.3 is 4.74 Å². The molecule has 0 N–H and O–H groups in total. The van der Waals surface area contributed by atoms with Crippen LogP contribution >= 0.6 is 11.3 Å². The second-order valence-electron chi connectivity index (χ2n) is 5.25. The van der Waals surface area contributed by atoms with Gasteiger partial charge in [-0.3, -0.25) is 0 Å². The highest BCUT2D eigenvalue weighted by atomic mass is 32.1. The van der Waals surface area contributed by atoms with Crippen LogP contribution in [0.25, 0.3) is 0 Å². The Bertz CT molecular complexity index is 389. The van der Waals surface area contributed by atoms with E-state index in [0.717, 1.165) is 19.3 Å². The molecule has 2 unspecified atom stereocenters. The van der Waals surface area contributed by atoms with E-state index < -0.39 is 0 Å². The topological polar surface area (TPSA) is 26.3 Å². The Balaban J connectivity index is 0.000000550. The molecule has 1 aromatic heterocycles. The van der Waals surface area contributed by atoms with Crippen molar-refractivity contribution in [2.75, 3.05) is 0 Å². The summed E-state index contributed by atoms with van der Waals surface area (Å²) in [5.41, 5.74) is 0.633. The third kappa shape index (κ3) is 5.81. The summed E-state index contributed by atoms with van der Waals surface area (Å²) >= 11 is 1.35. The fraction of sp³-hybridized carbons (Fsp3) is 0.667. The van der Waals surface area contributed by atoms with Crippen LogP contribution in [0.2, 0.25) is 0 Å². The molecule has 2 rings (SSSR count). The van der Waals surface area contributed by atoms with Crippen molar-refractivity contribution in [3.8, 4) is 0 Å². The van der Waals surface area contributed by atoms with Gasteiger partial charge in [0.05, 0.1) is 0 Å². The van der Waals surface area contributed by atoms with Gasteiger partial charge in [-0.15, -0.1) is 11.3 Å². The largest absolute Gasteiger partial charge is 0.458 e. The molecule has 1 fully saturated rings. The van der Waals surface area contributed by atoms with E-state index in [4.69, 9.17) is 12.6 Å². The van der Waals surface area contributed by atoms with E-state index >= 15 is 0 Å². The maximum absolute atomic E-state index is 11.8. The number of hydrogen-bond acceptors (Lipinski definition) is 3. The molecule has 0 amide bonds. The molecule has 1 heterocycles. The second kappa shape index (κ2) is 8.41. The highest BCUT2D eigenvalue weighted by molar-refractivity contribution is 7.12. The molecule has 2 atom stereocenters. The number of ether oxygens (including phenoxy) is 1. The third-order valence-corrected chi connectivity index (χ3v) is 3.91. The van der Waals surface area contributed by atoms with Gasteiger partial charge in [0.25, 0.3) is 0 Å². The molecular weight excluding hydrogens is 255 g/mol. The van der Waals surface area contributed by atoms with E-state index in [1.807, 2.05) is 0 Å². The minimum atomic E-state index is -0.221. The van der Waals surface area contributed by atoms with E-state index in [1.165, 1.54) is 24.2 Å². The number of rotatable bonds is 2. The van der Waals surface area contributed by atoms with Gasteiger partial charge in [0, 0.05) is 0 Å². The average Bonchev–Trinajstić information content (AvgIpc) is 2.77. The van der Waals surface area contributed by atoms with E-state index in [2.05, 4.69) is 20.8 Å². The summed E-state index contributed by atoms with van der Waals surface area (Å²) in [6.07, 6.45) is 5.74. The second-order valence-corrected chi connectivity index (χ2v) is 6.16. The smallest absolute Gasteiger partial charge is 0.348 e. The zero-order valence-corrected chi connectivity index (χ0v) is 13.0. The van der Waals surface area contributed by atoms with Gasteiger partial charge >= 0.3 is 5.97 Å². The highest BCUT2D eigenvalue weighted by Gasteiger charge is 2.23. The first kappa shape index (κ1) is 16.3. The van der Waals surface area contributed by atoms with Gasteiger partial charge in [0.15, 0.2) is 0 Å². The first-order chi connectivity index (χ1) is 9.06. The first-order valence-corrected chi connectivity index (χ1v) is 7.99. The Morgan fingerprint density at radius 2 is 2.16 bits per heavy atom. The summed E-state index contributed by atoms with van der Waals surface area (Å²) in [4.78, 5) is 12.4. The number of hydrogen-bond donors (Lipinski definition) is 0. The summed E-state index contributed by atoms with van der Waals surface area (Å²) in [5, 5.41) is 1.76. The van der Waals surface area contributed by atoms with Crippen LogP contribution in [0, 0.1) is 5.92 Å². The van der Waals surface area contributed by atoms with Crippen molar-refractivity contribution in [1.29, 1.82) is 0 Å². The summed E-state index contributed by atoms with van der Waals surface area (Å²) in [5.74, 6) is 0.445. The summed E-state index contributed by atoms with van der Waals surface area (Å²) in [6.45, 7) is 6.46. The first-order valence-electron chi connectivity index (χ1n) is 7.11. The van der Waals surface area contributed by atoms with Crippen molar-refractivity contribution in [2.24, 2.45) is 5.92 Å². The van der Waals surface area contributed by atoms with Crippen LogP contribution in [0.1, 0.15) is 62.5 Å². The van der Waals surface area contributed by atoms with Crippen molar-refractivity contribution in [2.45, 2.75) is 59.0 Å². The maximum atomic E-state index is 11.8. The fourth-order valence-electron chi connectivity index (χ4n) is 2.15. The standard InChI is InChI=1S/C12H15BO2S.C3H8/c1-8-3-2-4-10(5-8)15-12(14)11-6-9(13)7-16-11;1-3-2/h6-8,10H,2-5H2,1H3;3H2,1-2H3. The van der Waals surface area contributed by atoms with Crippen LogP contribution < -0.4 is 5.46 Å². The lowest BCUT2D eigenvalue weighted by atomic mass is 9.89. The zero-order chi connectivity index (χ0) is 14.3. The van der Waals surface area contributed by atoms with Gasteiger partial charge in [-0.05, 0) is 36.6 Å². The molecule has 1 aromatic rings. The maximum Gasteiger partial charge on any atom is 0.348 e. The summed E-state index contributed by atoms with van der Waals surface area (Å²) in [6, 6.07) is 1.68.